The highest BCUT2D eigenvalue weighted by Gasteiger charge is 2.37. The highest BCUT2D eigenvalue weighted by molar-refractivity contribution is 7.89. The Kier molecular flexibility index (Phi) is 4.33. The minimum atomic E-state index is -5.47. The van der Waals surface area contributed by atoms with Crippen molar-refractivity contribution in [3.05, 3.63) is 21.7 Å². The van der Waals surface area contributed by atoms with E-state index in [1.54, 1.807) is 0 Å². The first-order chi connectivity index (χ1) is 9.33. The zero-order valence-corrected chi connectivity index (χ0v) is 10.3. The van der Waals surface area contributed by atoms with Crippen LogP contribution in [0.3, 0.4) is 0 Å². The molecular weight excluding hydrogens is 333 g/mol. The molecule has 0 saturated carbocycles. The first-order valence-electron chi connectivity index (χ1n) is 4.59. The van der Waals surface area contributed by atoms with Gasteiger partial charge in [0.2, 0.25) is 5.88 Å². The van der Waals surface area contributed by atoms with E-state index < -0.39 is 49.9 Å². The summed E-state index contributed by atoms with van der Waals surface area (Å²) < 4.78 is 86.5. The third-order valence-electron chi connectivity index (χ3n) is 1.88. The van der Waals surface area contributed by atoms with E-state index in [2.05, 4.69) is 14.9 Å². The number of nitro groups is 1. The summed E-state index contributed by atoms with van der Waals surface area (Å²) in [5.74, 6) is -1.84. The van der Waals surface area contributed by atoms with Gasteiger partial charge in [0, 0.05) is 6.07 Å². The average Bonchev–Trinajstić information content (AvgIpc) is 2.24. The lowest BCUT2D eigenvalue weighted by atomic mass is 10.2. The lowest BCUT2D eigenvalue weighted by Crippen LogP contribution is -2.22. The maximum absolute atomic E-state index is 12.6. The van der Waals surface area contributed by atoms with Crippen molar-refractivity contribution < 1.29 is 40.0 Å². The Morgan fingerprint density at radius 2 is 1.90 bits per heavy atom. The summed E-state index contributed by atoms with van der Waals surface area (Å²) in [6, 6.07) is -0.0987. The fourth-order valence-electron chi connectivity index (χ4n) is 1.17. The van der Waals surface area contributed by atoms with E-state index in [-0.39, 0.29) is 6.07 Å². The number of nitrogens with zero attached hydrogens (tertiary/aromatic N) is 2. The van der Waals surface area contributed by atoms with Gasteiger partial charge in [0.1, 0.15) is 0 Å². The predicted octanol–water partition coefficient (Wildman–Crippen LogP) is 1.47. The van der Waals surface area contributed by atoms with Gasteiger partial charge in [0.05, 0.1) is 10.5 Å². The minimum absolute atomic E-state index is 0.0987. The molecule has 1 aromatic heterocycles. The highest BCUT2D eigenvalue weighted by atomic mass is 32.2. The van der Waals surface area contributed by atoms with Crippen molar-refractivity contribution >= 4 is 15.7 Å². The Morgan fingerprint density at radius 3 is 2.24 bits per heavy atom. The minimum Gasteiger partial charge on any atom is -0.387 e. The first kappa shape index (κ1) is 17.0. The third-order valence-corrected chi connectivity index (χ3v) is 2.71. The maximum atomic E-state index is 12.6. The molecule has 1 rings (SSSR count). The number of ether oxygens (including phenoxy) is 1. The zero-order chi connectivity index (χ0) is 16.6. The fraction of sp³-hybridized carbons (Fsp3) is 0.286. The van der Waals surface area contributed by atoms with Gasteiger partial charge < -0.3 is 4.74 Å². The number of sulfonamides is 1. The number of halogens is 5. The molecule has 0 fully saturated rings. The smallest absolute Gasteiger partial charge is 0.387 e. The molecule has 118 valence electrons. The van der Waals surface area contributed by atoms with Gasteiger partial charge in [-0.3, -0.25) is 10.1 Å². The van der Waals surface area contributed by atoms with Crippen LogP contribution in [0.5, 0.6) is 5.88 Å². The number of hydrogen-bond donors (Lipinski definition) is 1. The van der Waals surface area contributed by atoms with E-state index in [9.17, 15) is 40.5 Å². The largest absolute Gasteiger partial charge is 0.574 e. The van der Waals surface area contributed by atoms with E-state index in [4.69, 9.17) is 0 Å². The van der Waals surface area contributed by atoms with Crippen LogP contribution < -0.4 is 9.88 Å². The molecule has 14 heteroatoms. The van der Waals surface area contributed by atoms with Gasteiger partial charge in [-0.2, -0.15) is 4.98 Å². The van der Waals surface area contributed by atoms with Crippen LogP contribution in [-0.2, 0) is 10.0 Å². The number of pyridine rings is 1. The number of primary sulfonamides is 1. The molecule has 0 aliphatic heterocycles. The summed E-state index contributed by atoms with van der Waals surface area (Å²) in [7, 11) is -4.94. The molecule has 0 aliphatic rings. The molecule has 8 nitrogen and oxygen atoms in total. The van der Waals surface area contributed by atoms with Gasteiger partial charge in [0.25, 0.3) is 21.5 Å². The summed E-state index contributed by atoms with van der Waals surface area (Å²) in [5.41, 5.74) is -3.10. The van der Waals surface area contributed by atoms with Gasteiger partial charge in [0.15, 0.2) is 0 Å². The molecule has 0 radical (unpaired) electrons. The van der Waals surface area contributed by atoms with Crippen molar-refractivity contribution in [2.45, 2.75) is 17.8 Å². The quantitative estimate of drug-likeness (QED) is 0.504. The second-order valence-corrected chi connectivity index (χ2v) is 4.83. The molecule has 0 aliphatic carbocycles. The predicted molar refractivity (Wildman–Crippen MR) is 53.9 cm³/mol. The van der Waals surface area contributed by atoms with Crippen molar-refractivity contribution in [3.63, 3.8) is 0 Å². The Morgan fingerprint density at radius 1 is 1.38 bits per heavy atom. The lowest BCUT2D eigenvalue weighted by Gasteiger charge is -2.12. The molecule has 2 N–H and O–H groups in total. The zero-order valence-electron chi connectivity index (χ0n) is 9.47. The molecule has 0 amide bonds. The normalized spacial score (nSPS) is 12.5. The monoisotopic (exact) mass is 337 g/mol. The van der Waals surface area contributed by atoms with Crippen LogP contribution in [0.2, 0.25) is 0 Å². The average molecular weight is 337 g/mol. The molecule has 21 heavy (non-hydrogen) atoms. The molecule has 0 atom stereocenters. The van der Waals surface area contributed by atoms with Crippen LogP contribution in [-0.4, -0.2) is 24.7 Å². The fourth-order valence-corrected chi connectivity index (χ4v) is 1.81. The molecule has 1 heterocycles. The van der Waals surface area contributed by atoms with Crippen molar-refractivity contribution in [2.75, 3.05) is 0 Å². The van der Waals surface area contributed by atoms with Crippen LogP contribution in [0.15, 0.2) is 11.1 Å². The van der Waals surface area contributed by atoms with Gasteiger partial charge in [-0.1, -0.05) is 0 Å². The summed E-state index contributed by atoms with van der Waals surface area (Å²) in [4.78, 5) is 11.7. The third kappa shape index (κ3) is 4.19. The van der Waals surface area contributed by atoms with E-state index in [1.165, 1.54) is 0 Å². The standard InChI is InChI=1S/C7H4F5N3O5S/c8-4(9)2-1-3(15(16)17)6(21(13,18)19)14-5(2)20-7(10,11)12/h1,4H,(H2,13,18,19). The summed E-state index contributed by atoms with van der Waals surface area (Å²) in [6.07, 6.45) is -9.11. The van der Waals surface area contributed by atoms with Gasteiger partial charge >= 0.3 is 12.0 Å². The van der Waals surface area contributed by atoms with Crippen LogP contribution >= 0.6 is 0 Å². The second-order valence-electron chi connectivity index (χ2n) is 3.36. The number of hydrogen-bond acceptors (Lipinski definition) is 6. The van der Waals surface area contributed by atoms with Crippen molar-refractivity contribution in [1.82, 2.24) is 4.98 Å². The van der Waals surface area contributed by atoms with Crippen molar-refractivity contribution in [3.8, 4) is 5.88 Å². The molecule has 1 aromatic rings. The van der Waals surface area contributed by atoms with E-state index >= 15 is 0 Å². The number of rotatable bonds is 4. The van der Waals surface area contributed by atoms with Crippen molar-refractivity contribution in [1.29, 1.82) is 0 Å². The summed E-state index contributed by atoms with van der Waals surface area (Å²) in [5, 5.41) is 13.5. The molecule has 0 saturated heterocycles. The Bertz CT molecular complexity index is 674. The molecule has 0 bridgehead atoms. The maximum Gasteiger partial charge on any atom is 0.574 e. The summed E-state index contributed by atoms with van der Waals surface area (Å²) in [6.45, 7) is 0. The highest BCUT2D eigenvalue weighted by Crippen LogP contribution is 2.36. The Balaban J connectivity index is 3.68. The van der Waals surface area contributed by atoms with Crippen LogP contribution in [0.4, 0.5) is 27.6 Å². The molecular formula is C7H4F5N3O5S. The SMILES string of the molecule is NS(=O)(=O)c1nc(OC(F)(F)F)c(C(F)F)cc1[N+](=O)[O-]. The van der Waals surface area contributed by atoms with Gasteiger partial charge in [-0.15, -0.1) is 13.2 Å². The summed E-state index contributed by atoms with van der Waals surface area (Å²) >= 11 is 0. The van der Waals surface area contributed by atoms with Crippen LogP contribution in [0, 0.1) is 10.1 Å². The van der Waals surface area contributed by atoms with Crippen LogP contribution in [0.25, 0.3) is 0 Å². The topological polar surface area (TPSA) is 125 Å². The number of nitrogens with two attached hydrogens (primary N) is 1. The van der Waals surface area contributed by atoms with Crippen LogP contribution in [0.1, 0.15) is 12.0 Å². The number of alkyl halides is 5. The second kappa shape index (κ2) is 5.36. The van der Waals surface area contributed by atoms with E-state index in [1.807, 2.05) is 0 Å². The Hall–Kier alpha value is -2.09. The molecule has 0 unspecified atom stereocenters. The van der Waals surface area contributed by atoms with E-state index in [0.717, 1.165) is 0 Å². The Labute approximate surface area is 112 Å². The molecule has 0 aromatic carbocycles. The lowest BCUT2D eigenvalue weighted by molar-refractivity contribution is -0.388. The first-order valence-corrected chi connectivity index (χ1v) is 6.13. The van der Waals surface area contributed by atoms with Gasteiger partial charge in [-0.25, -0.2) is 22.3 Å². The molecule has 0 spiro atoms. The van der Waals surface area contributed by atoms with Crippen molar-refractivity contribution in [2.24, 2.45) is 5.14 Å². The van der Waals surface area contributed by atoms with Gasteiger partial charge in [-0.05, 0) is 0 Å². The van der Waals surface area contributed by atoms with E-state index in [0.29, 0.717) is 0 Å². The number of aromatic nitrogens is 1.